The van der Waals surface area contributed by atoms with Crippen molar-refractivity contribution in [1.29, 1.82) is 0 Å². The molecule has 1 aromatic heterocycles. The van der Waals surface area contributed by atoms with Gasteiger partial charge in [-0.15, -0.1) is 11.3 Å². The minimum Gasteiger partial charge on any atom is -0.369 e. The van der Waals surface area contributed by atoms with Crippen molar-refractivity contribution in [3.8, 4) is 11.3 Å². The van der Waals surface area contributed by atoms with Gasteiger partial charge in [-0.05, 0) is 33.8 Å². The van der Waals surface area contributed by atoms with Crippen LogP contribution in [-0.2, 0) is 10.3 Å². The van der Waals surface area contributed by atoms with Gasteiger partial charge in [-0.25, -0.2) is 4.98 Å². The van der Waals surface area contributed by atoms with Crippen molar-refractivity contribution in [3.05, 3.63) is 38.6 Å². The fourth-order valence-electron chi connectivity index (χ4n) is 1.98. The molecule has 0 aliphatic carbocycles. The quantitative estimate of drug-likeness (QED) is 0.768. The van der Waals surface area contributed by atoms with Gasteiger partial charge in [0.05, 0.1) is 5.69 Å². The van der Waals surface area contributed by atoms with Crippen LogP contribution in [0.5, 0.6) is 0 Å². The maximum atomic E-state index is 5.79. The molecular weight excluding hydrogens is 322 g/mol. The van der Waals surface area contributed by atoms with Gasteiger partial charge < -0.3 is 4.74 Å². The highest BCUT2D eigenvalue weighted by Crippen LogP contribution is 2.37. The zero-order chi connectivity index (χ0) is 14.0. The summed E-state index contributed by atoms with van der Waals surface area (Å²) in [4.78, 5) is 6.01. The molecule has 0 spiro atoms. The van der Waals surface area contributed by atoms with Crippen molar-refractivity contribution in [2.45, 2.75) is 33.3 Å². The van der Waals surface area contributed by atoms with Crippen LogP contribution in [0.2, 0.25) is 0 Å². The van der Waals surface area contributed by atoms with E-state index in [0.717, 1.165) is 20.7 Å². The van der Waals surface area contributed by atoms with Crippen molar-refractivity contribution >= 4 is 27.3 Å². The summed E-state index contributed by atoms with van der Waals surface area (Å²) in [5.41, 5.74) is 1.85. The van der Waals surface area contributed by atoms with Gasteiger partial charge in [-0.2, -0.15) is 0 Å². The van der Waals surface area contributed by atoms with Crippen LogP contribution in [-0.4, -0.2) is 11.6 Å². The first kappa shape index (κ1) is 14.7. The predicted molar refractivity (Wildman–Crippen MR) is 84.6 cm³/mol. The first-order valence-electron chi connectivity index (χ1n) is 6.32. The van der Waals surface area contributed by atoms with Crippen LogP contribution in [0.15, 0.2) is 28.7 Å². The molecule has 0 atom stereocenters. The van der Waals surface area contributed by atoms with Gasteiger partial charge in [0.25, 0.3) is 0 Å². The third kappa shape index (κ3) is 3.07. The summed E-state index contributed by atoms with van der Waals surface area (Å²) >= 11 is 5.30. The standard InChI is InChI=1S/C15H18BrNOS/c1-5-18-15(3,4)14-17-13(10(2)19-14)11-8-6-7-9-12(11)16/h6-9H,5H2,1-4H3. The minimum absolute atomic E-state index is 0.330. The highest BCUT2D eigenvalue weighted by atomic mass is 79.9. The summed E-state index contributed by atoms with van der Waals surface area (Å²) in [5, 5.41) is 1.03. The molecule has 1 aromatic carbocycles. The van der Waals surface area contributed by atoms with E-state index in [2.05, 4.69) is 42.8 Å². The van der Waals surface area contributed by atoms with Gasteiger partial charge in [0, 0.05) is 21.5 Å². The van der Waals surface area contributed by atoms with Crippen LogP contribution in [0, 0.1) is 6.92 Å². The van der Waals surface area contributed by atoms with Gasteiger partial charge >= 0.3 is 0 Å². The van der Waals surface area contributed by atoms with E-state index in [4.69, 9.17) is 9.72 Å². The van der Waals surface area contributed by atoms with E-state index in [0.29, 0.717) is 6.61 Å². The number of thiazole rings is 1. The van der Waals surface area contributed by atoms with Gasteiger partial charge in [-0.3, -0.25) is 0 Å². The van der Waals surface area contributed by atoms with E-state index in [1.165, 1.54) is 4.88 Å². The summed E-state index contributed by atoms with van der Waals surface area (Å²) in [6, 6.07) is 8.18. The molecule has 2 rings (SSSR count). The molecule has 0 unspecified atom stereocenters. The highest BCUT2D eigenvalue weighted by molar-refractivity contribution is 9.10. The van der Waals surface area contributed by atoms with Gasteiger partial charge in [0.2, 0.25) is 0 Å². The molecule has 0 bridgehead atoms. The van der Waals surface area contributed by atoms with Crippen LogP contribution in [0.25, 0.3) is 11.3 Å². The number of hydrogen-bond donors (Lipinski definition) is 0. The van der Waals surface area contributed by atoms with Crippen molar-refractivity contribution in [2.24, 2.45) is 0 Å². The van der Waals surface area contributed by atoms with Gasteiger partial charge in [0.15, 0.2) is 0 Å². The first-order valence-corrected chi connectivity index (χ1v) is 7.93. The van der Waals surface area contributed by atoms with E-state index in [9.17, 15) is 0 Å². The minimum atomic E-state index is -0.330. The predicted octanol–water partition coefficient (Wildman–Crippen LogP) is 5.15. The Bertz CT molecular complexity index is 577. The van der Waals surface area contributed by atoms with Crippen molar-refractivity contribution in [3.63, 3.8) is 0 Å². The largest absolute Gasteiger partial charge is 0.369 e. The lowest BCUT2D eigenvalue weighted by molar-refractivity contribution is -0.0141. The van der Waals surface area contributed by atoms with E-state index in [1.54, 1.807) is 11.3 Å². The molecule has 4 heteroatoms. The molecule has 0 N–H and O–H groups in total. The van der Waals surface area contributed by atoms with Crippen molar-refractivity contribution in [2.75, 3.05) is 6.61 Å². The average Bonchev–Trinajstić information content (AvgIpc) is 2.73. The lowest BCUT2D eigenvalue weighted by atomic mass is 10.1. The van der Waals surface area contributed by atoms with E-state index in [1.807, 2.05) is 25.1 Å². The van der Waals surface area contributed by atoms with E-state index >= 15 is 0 Å². The fourth-order valence-corrected chi connectivity index (χ4v) is 3.44. The second-order valence-corrected chi connectivity index (χ2v) is 6.90. The Hall–Kier alpha value is -0.710. The summed E-state index contributed by atoms with van der Waals surface area (Å²) in [6.07, 6.45) is 0. The normalized spacial score (nSPS) is 11.8. The fraction of sp³-hybridized carbons (Fsp3) is 0.400. The zero-order valence-corrected chi connectivity index (χ0v) is 14.1. The molecule has 0 aliphatic rings. The van der Waals surface area contributed by atoms with Gasteiger partial charge in [-0.1, -0.05) is 34.1 Å². The monoisotopic (exact) mass is 339 g/mol. The molecule has 0 amide bonds. The maximum Gasteiger partial charge on any atom is 0.125 e. The highest BCUT2D eigenvalue weighted by Gasteiger charge is 2.26. The van der Waals surface area contributed by atoms with E-state index < -0.39 is 0 Å². The summed E-state index contributed by atoms with van der Waals surface area (Å²) in [7, 11) is 0. The Morgan fingerprint density at radius 2 is 2.00 bits per heavy atom. The molecule has 0 saturated carbocycles. The Kier molecular flexibility index (Phi) is 4.43. The Labute approximate surface area is 127 Å². The van der Waals surface area contributed by atoms with E-state index in [-0.39, 0.29) is 5.60 Å². The summed E-state index contributed by atoms with van der Waals surface area (Å²) < 4.78 is 6.86. The third-order valence-corrected chi connectivity index (χ3v) is 4.91. The molecular formula is C15H18BrNOS. The number of nitrogens with zero attached hydrogens (tertiary/aromatic N) is 1. The zero-order valence-electron chi connectivity index (χ0n) is 11.7. The van der Waals surface area contributed by atoms with Gasteiger partial charge in [0.1, 0.15) is 10.6 Å². The number of aromatic nitrogens is 1. The number of halogens is 1. The average molecular weight is 340 g/mol. The van der Waals surface area contributed by atoms with Crippen molar-refractivity contribution in [1.82, 2.24) is 4.98 Å². The Balaban J connectivity index is 2.45. The second kappa shape index (κ2) is 5.73. The number of aryl methyl sites for hydroxylation is 1. The summed E-state index contributed by atoms with van der Waals surface area (Å²) in [6.45, 7) is 8.95. The summed E-state index contributed by atoms with van der Waals surface area (Å²) in [5.74, 6) is 0. The topological polar surface area (TPSA) is 22.1 Å². The Morgan fingerprint density at radius 3 is 2.63 bits per heavy atom. The molecule has 1 heterocycles. The van der Waals surface area contributed by atoms with Crippen LogP contribution in [0.3, 0.4) is 0 Å². The lowest BCUT2D eigenvalue weighted by Gasteiger charge is -2.21. The number of ether oxygens (including phenoxy) is 1. The second-order valence-electron chi connectivity index (χ2n) is 4.85. The van der Waals surface area contributed by atoms with Crippen LogP contribution >= 0.6 is 27.3 Å². The molecule has 0 saturated heterocycles. The smallest absolute Gasteiger partial charge is 0.125 e. The molecule has 0 fully saturated rings. The van der Waals surface area contributed by atoms with Crippen LogP contribution in [0.4, 0.5) is 0 Å². The molecule has 19 heavy (non-hydrogen) atoms. The SMILES string of the molecule is CCOC(C)(C)c1nc(-c2ccccc2Br)c(C)s1. The lowest BCUT2D eigenvalue weighted by Crippen LogP contribution is -2.21. The third-order valence-electron chi connectivity index (χ3n) is 2.95. The number of hydrogen-bond acceptors (Lipinski definition) is 3. The first-order chi connectivity index (χ1) is 8.95. The van der Waals surface area contributed by atoms with Crippen molar-refractivity contribution < 1.29 is 4.74 Å². The molecule has 2 nitrogen and oxygen atoms in total. The maximum absolute atomic E-state index is 5.79. The number of benzene rings is 1. The molecule has 0 aliphatic heterocycles. The molecule has 0 radical (unpaired) electrons. The molecule has 2 aromatic rings. The Morgan fingerprint density at radius 1 is 1.32 bits per heavy atom. The van der Waals surface area contributed by atoms with Crippen LogP contribution in [0.1, 0.15) is 30.7 Å². The number of rotatable bonds is 4. The molecule has 102 valence electrons. The van der Waals surface area contributed by atoms with Crippen LogP contribution < -0.4 is 0 Å².